The van der Waals surface area contributed by atoms with Crippen molar-refractivity contribution in [3.63, 3.8) is 0 Å². The molecule has 15 heteroatoms. The Morgan fingerprint density at radius 3 is 2.21 bits per heavy atom. The highest BCUT2D eigenvalue weighted by atomic mass is 32.2. The first-order chi connectivity index (χ1) is 18.0. The predicted octanol–water partition coefficient (Wildman–Crippen LogP) is 0.724. The van der Waals surface area contributed by atoms with Gasteiger partial charge in [0.05, 0.1) is 29.1 Å². The maximum Gasteiger partial charge on any atom is 0.272 e. The minimum Gasteiger partial charge on any atom is -0.337 e. The summed E-state index contributed by atoms with van der Waals surface area (Å²) in [7, 11) is -4.13. The number of rotatable bonds is 7. The molecule has 13 nitrogen and oxygen atoms in total. The summed E-state index contributed by atoms with van der Waals surface area (Å²) in [6.07, 6.45) is 0.374. The van der Waals surface area contributed by atoms with E-state index in [1.54, 1.807) is 17.0 Å². The molecule has 0 saturated heterocycles. The molecule has 1 aliphatic heterocycles. The van der Waals surface area contributed by atoms with Crippen molar-refractivity contribution in [3.05, 3.63) is 45.8 Å². The van der Waals surface area contributed by atoms with Crippen LogP contribution in [0.1, 0.15) is 45.0 Å². The third kappa shape index (κ3) is 6.15. The molecule has 0 unspecified atom stereocenters. The first-order valence-electron chi connectivity index (χ1n) is 11.1. The molecule has 0 saturated carbocycles. The fraction of sp³-hybridized carbons (Fsp3) is 0.304. The molecular formula is C23H23N7O6S2. The van der Waals surface area contributed by atoms with Gasteiger partial charge in [-0.2, -0.15) is 14.8 Å². The molecule has 4 amide bonds. The molecule has 198 valence electrons. The van der Waals surface area contributed by atoms with Gasteiger partial charge in [-0.3, -0.25) is 30.0 Å². The zero-order valence-corrected chi connectivity index (χ0v) is 22.0. The van der Waals surface area contributed by atoms with Crippen LogP contribution < -0.4 is 16.2 Å². The van der Waals surface area contributed by atoms with E-state index < -0.39 is 40.8 Å². The topological polar surface area (TPSA) is 193 Å². The van der Waals surface area contributed by atoms with Gasteiger partial charge in [-0.15, -0.1) is 11.3 Å². The lowest BCUT2D eigenvalue weighted by Crippen LogP contribution is -2.41. The Kier molecular flexibility index (Phi) is 8.80. The van der Waals surface area contributed by atoms with E-state index in [-0.39, 0.29) is 33.5 Å². The second kappa shape index (κ2) is 11.8. The smallest absolute Gasteiger partial charge is 0.272 e. The van der Waals surface area contributed by atoms with Gasteiger partial charge in [-0.05, 0) is 36.2 Å². The molecule has 0 spiro atoms. The predicted molar refractivity (Wildman–Crippen MR) is 135 cm³/mol. The highest BCUT2D eigenvalue weighted by molar-refractivity contribution is 7.89. The number of nitriles is 2. The van der Waals surface area contributed by atoms with Crippen LogP contribution in [0.15, 0.2) is 29.2 Å². The number of anilines is 1. The molecule has 0 bridgehead atoms. The normalized spacial score (nSPS) is 12.6. The SMILES string of the molecule is CC(=O)NNC(=O)c1c(NC(=O)c2ccc(S(=O)(=O)N(CC#N)CC#N)cc2)sc2c1CCN(C(C)=O)C2. The summed E-state index contributed by atoms with van der Waals surface area (Å²) in [6.45, 7) is 2.30. The molecule has 2 aromatic rings. The summed E-state index contributed by atoms with van der Waals surface area (Å²) < 4.78 is 26.2. The Labute approximate surface area is 222 Å². The van der Waals surface area contributed by atoms with Crippen LogP contribution in [0.25, 0.3) is 0 Å². The van der Waals surface area contributed by atoms with Gasteiger partial charge in [-0.1, -0.05) is 0 Å². The first kappa shape index (κ1) is 28.3. The lowest BCUT2D eigenvalue weighted by atomic mass is 10.0. The van der Waals surface area contributed by atoms with E-state index in [1.165, 1.54) is 38.1 Å². The standard InChI is InChI=1S/C23H23N7O6S2/c1-14(31)27-28-22(34)20-18-7-10-29(15(2)32)13-19(18)37-23(20)26-21(33)16-3-5-17(6-4-16)38(35,36)30(11-8-24)12-9-25/h3-6H,7,10-13H2,1-2H3,(H,26,33)(H,27,31)(H,28,34). The number of amides is 4. The van der Waals surface area contributed by atoms with Crippen molar-refractivity contribution in [1.82, 2.24) is 20.1 Å². The molecule has 0 atom stereocenters. The summed E-state index contributed by atoms with van der Waals surface area (Å²) >= 11 is 1.13. The Bertz CT molecular complexity index is 1450. The van der Waals surface area contributed by atoms with E-state index in [1.807, 2.05) is 0 Å². The number of nitrogens with zero attached hydrogens (tertiary/aromatic N) is 4. The fourth-order valence-electron chi connectivity index (χ4n) is 3.69. The average Bonchev–Trinajstić information content (AvgIpc) is 3.24. The van der Waals surface area contributed by atoms with Gasteiger partial charge in [0.25, 0.3) is 11.8 Å². The second-order valence-corrected chi connectivity index (χ2v) is 11.1. The highest BCUT2D eigenvalue weighted by Crippen LogP contribution is 2.37. The number of hydrogen-bond acceptors (Lipinski definition) is 9. The third-order valence-corrected chi connectivity index (χ3v) is 8.49. The van der Waals surface area contributed by atoms with Crippen molar-refractivity contribution in [2.75, 3.05) is 25.0 Å². The van der Waals surface area contributed by atoms with Crippen molar-refractivity contribution in [3.8, 4) is 12.1 Å². The van der Waals surface area contributed by atoms with Gasteiger partial charge < -0.3 is 10.2 Å². The van der Waals surface area contributed by atoms with E-state index in [0.29, 0.717) is 27.7 Å². The summed E-state index contributed by atoms with van der Waals surface area (Å²) in [5, 5.41) is 20.6. The van der Waals surface area contributed by atoms with Crippen LogP contribution in [-0.2, 0) is 32.6 Å². The lowest BCUT2D eigenvalue weighted by molar-refractivity contribution is -0.129. The largest absolute Gasteiger partial charge is 0.337 e. The summed E-state index contributed by atoms with van der Waals surface area (Å²) in [6, 6.07) is 8.29. The van der Waals surface area contributed by atoms with E-state index in [9.17, 15) is 27.6 Å². The molecule has 2 heterocycles. The molecule has 3 rings (SSSR count). The summed E-state index contributed by atoms with van der Waals surface area (Å²) in [4.78, 5) is 51.2. The number of benzene rings is 1. The number of hydrazine groups is 1. The third-order valence-electron chi connectivity index (χ3n) is 5.56. The van der Waals surface area contributed by atoms with Crippen molar-refractivity contribution in [2.24, 2.45) is 0 Å². The number of thiophene rings is 1. The molecule has 1 aromatic carbocycles. The first-order valence-corrected chi connectivity index (χ1v) is 13.4. The zero-order chi connectivity index (χ0) is 28.0. The highest BCUT2D eigenvalue weighted by Gasteiger charge is 2.30. The van der Waals surface area contributed by atoms with Gasteiger partial charge in [-0.25, -0.2) is 8.42 Å². The number of nitrogens with one attached hydrogen (secondary N) is 3. The molecule has 0 fully saturated rings. The van der Waals surface area contributed by atoms with Crippen LogP contribution in [-0.4, -0.2) is 60.9 Å². The Morgan fingerprint density at radius 1 is 1.03 bits per heavy atom. The van der Waals surface area contributed by atoms with Crippen LogP contribution in [0, 0.1) is 22.7 Å². The summed E-state index contributed by atoms with van der Waals surface area (Å²) in [5.41, 5.74) is 5.42. The fourth-order valence-corrected chi connectivity index (χ4v) is 6.18. The quantitative estimate of drug-likeness (QED) is 0.327. The minimum atomic E-state index is -4.13. The maximum atomic E-state index is 13.0. The monoisotopic (exact) mass is 557 g/mol. The second-order valence-electron chi connectivity index (χ2n) is 8.10. The summed E-state index contributed by atoms with van der Waals surface area (Å²) in [5.74, 6) is -1.89. The zero-order valence-electron chi connectivity index (χ0n) is 20.4. The maximum absolute atomic E-state index is 13.0. The number of carbonyl (C=O) groups excluding carboxylic acids is 4. The van der Waals surface area contributed by atoms with Crippen molar-refractivity contribution < 1.29 is 27.6 Å². The Hall–Kier alpha value is -4.31. The molecule has 1 aromatic heterocycles. The van der Waals surface area contributed by atoms with Gasteiger partial charge in [0.1, 0.15) is 18.1 Å². The number of sulfonamides is 1. The Morgan fingerprint density at radius 2 is 1.66 bits per heavy atom. The van der Waals surface area contributed by atoms with E-state index >= 15 is 0 Å². The van der Waals surface area contributed by atoms with Gasteiger partial charge in [0.2, 0.25) is 21.8 Å². The van der Waals surface area contributed by atoms with Crippen LogP contribution >= 0.6 is 11.3 Å². The molecule has 0 radical (unpaired) electrons. The molecule has 0 aliphatic carbocycles. The van der Waals surface area contributed by atoms with Crippen LogP contribution in [0.4, 0.5) is 5.00 Å². The number of fused-ring (bicyclic) bond motifs is 1. The lowest BCUT2D eigenvalue weighted by Gasteiger charge is -2.26. The van der Waals surface area contributed by atoms with E-state index in [2.05, 4.69) is 16.2 Å². The van der Waals surface area contributed by atoms with E-state index in [0.717, 1.165) is 11.3 Å². The van der Waals surface area contributed by atoms with Crippen molar-refractivity contribution in [1.29, 1.82) is 10.5 Å². The van der Waals surface area contributed by atoms with Crippen LogP contribution in [0.2, 0.25) is 0 Å². The molecule has 3 N–H and O–H groups in total. The van der Waals surface area contributed by atoms with Gasteiger partial charge in [0, 0.05) is 30.8 Å². The molecule has 38 heavy (non-hydrogen) atoms. The Balaban J connectivity index is 1.89. The van der Waals surface area contributed by atoms with Crippen molar-refractivity contribution in [2.45, 2.75) is 31.7 Å². The number of hydrogen-bond donors (Lipinski definition) is 3. The molecule has 1 aliphatic rings. The van der Waals surface area contributed by atoms with Crippen molar-refractivity contribution >= 4 is 50.0 Å². The molecular weight excluding hydrogens is 534 g/mol. The van der Waals surface area contributed by atoms with Crippen LogP contribution in [0.5, 0.6) is 0 Å². The minimum absolute atomic E-state index is 0.0843. The average molecular weight is 558 g/mol. The number of carbonyl (C=O) groups is 4. The van der Waals surface area contributed by atoms with E-state index in [4.69, 9.17) is 10.5 Å². The van der Waals surface area contributed by atoms with Crippen LogP contribution in [0.3, 0.4) is 0 Å². The van der Waals surface area contributed by atoms with Gasteiger partial charge in [0.15, 0.2) is 0 Å². The van der Waals surface area contributed by atoms with Gasteiger partial charge >= 0.3 is 0 Å².